The molecule has 6 nitrogen and oxygen atoms in total. The number of anilines is 1. The third kappa shape index (κ3) is 5.60. The van der Waals surface area contributed by atoms with E-state index in [1.54, 1.807) is 30.3 Å². The fraction of sp³-hybridized carbons (Fsp3) is 0.375. The number of carbonyl (C=O) groups excluding carboxylic acids is 2. The monoisotopic (exact) mass is 406 g/mol. The van der Waals surface area contributed by atoms with Gasteiger partial charge in [0.05, 0.1) is 12.2 Å². The molecule has 156 valence electrons. The maximum absolute atomic E-state index is 12.4. The van der Waals surface area contributed by atoms with Crippen LogP contribution in [0.2, 0.25) is 0 Å². The quantitative estimate of drug-likeness (QED) is 0.372. The lowest BCUT2D eigenvalue weighted by atomic mass is 10.1. The van der Waals surface area contributed by atoms with Crippen molar-refractivity contribution in [1.29, 1.82) is 5.26 Å². The van der Waals surface area contributed by atoms with Crippen LogP contribution in [0, 0.1) is 23.2 Å². The van der Waals surface area contributed by atoms with Crippen LogP contribution in [0.4, 0.5) is 5.69 Å². The van der Waals surface area contributed by atoms with Gasteiger partial charge in [-0.3, -0.25) is 4.79 Å². The van der Waals surface area contributed by atoms with Gasteiger partial charge >= 0.3 is 5.97 Å². The number of nitrogens with one attached hydrogen (secondary N) is 1. The molecule has 3 rings (SSSR count). The summed E-state index contributed by atoms with van der Waals surface area (Å²) in [7, 11) is 0. The zero-order valence-electron chi connectivity index (χ0n) is 17.5. The number of benzene rings is 1. The smallest absolute Gasteiger partial charge is 0.338 e. The summed E-state index contributed by atoms with van der Waals surface area (Å²) >= 11 is 0. The van der Waals surface area contributed by atoms with Gasteiger partial charge in [-0.25, -0.2) is 4.79 Å². The van der Waals surface area contributed by atoms with Gasteiger partial charge < -0.3 is 14.5 Å². The molecule has 2 aromatic rings. The van der Waals surface area contributed by atoms with Crippen molar-refractivity contribution in [2.24, 2.45) is 11.8 Å². The third-order valence-electron chi connectivity index (χ3n) is 5.08. The fourth-order valence-electron chi connectivity index (χ4n) is 3.01. The highest BCUT2D eigenvalue weighted by Gasteiger charge is 2.36. The molecule has 6 heteroatoms. The van der Waals surface area contributed by atoms with Crippen LogP contribution >= 0.6 is 0 Å². The number of hydrogen-bond acceptors (Lipinski definition) is 5. The molecule has 1 aliphatic rings. The van der Waals surface area contributed by atoms with Gasteiger partial charge in [-0.1, -0.05) is 20.8 Å². The van der Waals surface area contributed by atoms with E-state index in [0.29, 0.717) is 41.4 Å². The minimum absolute atomic E-state index is 0.0584. The van der Waals surface area contributed by atoms with Crippen LogP contribution < -0.4 is 5.32 Å². The Morgan fingerprint density at radius 1 is 1.27 bits per heavy atom. The Morgan fingerprint density at radius 2 is 1.97 bits per heavy atom. The van der Waals surface area contributed by atoms with Crippen molar-refractivity contribution in [3.8, 4) is 6.07 Å². The molecule has 2 atom stereocenters. The van der Waals surface area contributed by atoms with Crippen molar-refractivity contribution in [3.05, 3.63) is 59.1 Å². The van der Waals surface area contributed by atoms with Crippen molar-refractivity contribution in [1.82, 2.24) is 0 Å². The molecule has 0 aliphatic heterocycles. The molecule has 0 unspecified atom stereocenters. The van der Waals surface area contributed by atoms with Crippen LogP contribution in [-0.2, 0) is 9.53 Å². The van der Waals surface area contributed by atoms with Gasteiger partial charge in [0.2, 0.25) is 0 Å². The predicted octanol–water partition coefficient (Wildman–Crippen LogP) is 5.15. The second-order valence-corrected chi connectivity index (χ2v) is 8.08. The molecular formula is C24H26N2O4. The Kier molecular flexibility index (Phi) is 6.73. The van der Waals surface area contributed by atoms with Gasteiger partial charge in [-0.15, -0.1) is 0 Å². The van der Waals surface area contributed by atoms with Gasteiger partial charge in [-0.2, -0.15) is 5.26 Å². The molecule has 30 heavy (non-hydrogen) atoms. The maximum Gasteiger partial charge on any atom is 0.338 e. The molecule has 1 aromatic carbocycles. The minimum Gasteiger partial charge on any atom is -0.462 e. The highest BCUT2D eigenvalue weighted by molar-refractivity contribution is 6.09. The Balaban J connectivity index is 1.59. The topological polar surface area (TPSA) is 92.3 Å². The first-order valence-electron chi connectivity index (χ1n) is 10.2. The number of furan rings is 1. The Hall–Kier alpha value is -3.33. The maximum atomic E-state index is 12.4. The predicted molar refractivity (Wildman–Crippen MR) is 114 cm³/mol. The first-order valence-corrected chi connectivity index (χ1v) is 10.2. The van der Waals surface area contributed by atoms with Crippen LogP contribution in [0.5, 0.6) is 0 Å². The SMILES string of the molecule is CC(C)CCOC(=O)c1ccc(NC(=O)/C(C#N)=C/c2ccc([C@H]3C[C@H]3C)o2)cc1. The average molecular weight is 406 g/mol. The van der Waals surface area contributed by atoms with Crippen molar-refractivity contribution in [2.75, 3.05) is 11.9 Å². The Morgan fingerprint density at radius 3 is 2.57 bits per heavy atom. The van der Waals surface area contributed by atoms with E-state index in [0.717, 1.165) is 18.6 Å². The summed E-state index contributed by atoms with van der Waals surface area (Å²) in [6.07, 6.45) is 3.34. The lowest BCUT2D eigenvalue weighted by Crippen LogP contribution is -2.13. The Bertz CT molecular complexity index is 979. The van der Waals surface area contributed by atoms with E-state index in [1.807, 2.05) is 12.1 Å². The molecule has 1 amide bonds. The number of nitrogens with zero attached hydrogens (tertiary/aromatic N) is 1. The molecule has 0 spiro atoms. The van der Waals surface area contributed by atoms with Crippen LogP contribution in [0.25, 0.3) is 6.08 Å². The van der Waals surface area contributed by atoms with E-state index in [4.69, 9.17) is 9.15 Å². The lowest BCUT2D eigenvalue weighted by Gasteiger charge is -2.08. The number of ether oxygens (including phenoxy) is 1. The lowest BCUT2D eigenvalue weighted by molar-refractivity contribution is -0.112. The van der Waals surface area contributed by atoms with Crippen LogP contribution in [0.1, 0.15) is 61.4 Å². The highest BCUT2D eigenvalue weighted by atomic mass is 16.5. The zero-order valence-corrected chi connectivity index (χ0v) is 17.5. The van der Waals surface area contributed by atoms with Crippen molar-refractivity contribution in [3.63, 3.8) is 0 Å². The molecular weight excluding hydrogens is 380 g/mol. The van der Waals surface area contributed by atoms with E-state index in [-0.39, 0.29) is 5.57 Å². The third-order valence-corrected chi connectivity index (χ3v) is 5.08. The minimum atomic E-state index is -0.539. The molecule has 0 saturated heterocycles. The van der Waals surface area contributed by atoms with Gasteiger partial charge in [0.15, 0.2) is 0 Å². The molecule has 1 aliphatic carbocycles. The summed E-state index contributed by atoms with van der Waals surface area (Å²) in [6.45, 7) is 6.66. The normalized spacial score (nSPS) is 18.0. The number of rotatable bonds is 8. The van der Waals surface area contributed by atoms with E-state index in [1.165, 1.54) is 6.08 Å². The van der Waals surface area contributed by atoms with Crippen molar-refractivity contribution in [2.45, 2.75) is 39.5 Å². The van der Waals surface area contributed by atoms with E-state index >= 15 is 0 Å². The molecule has 1 fully saturated rings. The highest BCUT2D eigenvalue weighted by Crippen LogP contribution is 2.47. The molecule has 1 N–H and O–H groups in total. The number of carbonyl (C=O) groups is 2. The molecule has 1 saturated carbocycles. The molecule has 0 radical (unpaired) electrons. The van der Waals surface area contributed by atoms with Crippen LogP contribution in [0.15, 0.2) is 46.4 Å². The average Bonchev–Trinajstić information content (AvgIpc) is 3.26. The van der Waals surface area contributed by atoms with E-state index in [2.05, 4.69) is 26.1 Å². The van der Waals surface area contributed by atoms with Gasteiger partial charge in [0, 0.05) is 17.7 Å². The summed E-state index contributed by atoms with van der Waals surface area (Å²) in [5, 5.41) is 12.0. The van der Waals surface area contributed by atoms with Crippen molar-refractivity contribution >= 4 is 23.6 Å². The summed E-state index contributed by atoms with van der Waals surface area (Å²) in [4.78, 5) is 24.5. The van der Waals surface area contributed by atoms with Gasteiger partial charge in [0.1, 0.15) is 23.2 Å². The largest absolute Gasteiger partial charge is 0.462 e. The second-order valence-electron chi connectivity index (χ2n) is 8.08. The van der Waals surface area contributed by atoms with Gasteiger partial charge in [0.25, 0.3) is 5.91 Å². The molecule has 1 heterocycles. The number of amides is 1. The van der Waals surface area contributed by atoms with Crippen LogP contribution in [0.3, 0.4) is 0 Å². The van der Waals surface area contributed by atoms with Crippen LogP contribution in [-0.4, -0.2) is 18.5 Å². The number of esters is 1. The zero-order chi connectivity index (χ0) is 21.7. The second kappa shape index (κ2) is 9.45. The first kappa shape index (κ1) is 21.4. The van der Waals surface area contributed by atoms with E-state index < -0.39 is 11.9 Å². The Labute approximate surface area is 176 Å². The fourth-order valence-corrected chi connectivity index (χ4v) is 3.01. The molecule has 0 bridgehead atoms. The van der Waals surface area contributed by atoms with E-state index in [9.17, 15) is 14.9 Å². The summed E-state index contributed by atoms with van der Waals surface area (Å²) < 4.78 is 11.0. The number of nitriles is 1. The summed E-state index contributed by atoms with van der Waals surface area (Å²) in [6, 6.07) is 11.9. The molecule has 1 aromatic heterocycles. The van der Waals surface area contributed by atoms with Crippen molar-refractivity contribution < 1.29 is 18.7 Å². The summed E-state index contributed by atoms with van der Waals surface area (Å²) in [5.74, 6) is 1.94. The first-order chi connectivity index (χ1) is 14.4. The standard InChI is InChI=1S/C24H26N2O4/c1-15(2)10-11-29-24(28)17-4-6-19(7-5-17)26-23(27)18(14-25)13-20-8-9-22(30-20)21-12-16(21)3/h4-9,13,15-16,21H,10-12H2,1-3H3,(H,26,27)/b18-13+/t16-,21+/m1/s1. The number of hydrogen-bond donors (Lipinski definition) is 1. The van der Waals surface area contributed by atoms with Gasteiger partial charge in [-0.05, 0) is 61.1 Å². The summed E-state index contributed by atoms with van der Waals surface area (Å²) in [5.41, 5.74) is 0.828.